The van der Waals surface area contributed by atoms with Crippen LogP contribution >= 0.6 is 11.8 Å². The standard InChI is InChI=1S/C17H13F6N3O3S.C17H13F6N3OS/c1-8-6-13(12(17(21,22)23)7-11(8)14(27)26-15(24)25)30(28,29)10-4-2-9(3-5-10)16(18,19)20;1-8-6-13(28-10-4-2-9(3-5-10)16(18,19)20)12(17(21,22)23)7-11(8)14(27)26-15(24)25/h2-7H,1H3,(H4,24,25,26,27);2-7H,1H3,(H4,24,25,26,27). The second-order valence-electron chi connectivity index (χ2n) is 11.7. The summed E-state index contributed by atoms with van der Waals surface area (Å²) in [5, 5.41) is 0. The molecule has 8 N–H and O–H groups in total. The molecule has 0 saturated carbocycles. The highest BCUT2D eigenvalue weighted by Gasteiger charge is 2.40. The van der Waals surface area contributed by atoms with Crippen LogP contribution in [-0.2, 0) is 34.5 Å². The zero-order valence-electron chi connectivity index (χ0n) is 29.1. The number of amides is 2. The predicted octanol–water partition coefficient (Wildman–Crippen LogP) is 7.88. The van der Waals surface area contributed by atoms with Crippen molar-refractivity contribution in [1.82, 2.24) is 0 Å². The first-order valence-corrected chi connectivity index (χ1v) is 17.6. The Balaban J connectivity index is 0.000000311. The third-order valence-electron chi connectivity index (χ3n) is 7.38. The summed E-state index contributed by atoms with van der Waals surface area (Å²) in [7, 11) is -4.89. The van der Waals surface area contributed by atoms with Gasteiger partial charge in [0, 0.05) is 20.9 Å². The van der Waals surface area contributed by atoms with Crippen molar-refractivity contribution in [2.45, 2.75) is 58.1 Å². The van der Waals surface area contributed by atoms with Crippen LogP contribution in [0.2, 0.25) is 0 Å². The maximum atomic E-state index is 13.5. The number of carbonyl (C=O) groups is 2. The van der Waals surface area contributed by atoms with Crippen LogP contribution in [-0.4, -0.2) is 32.2 Å². The molecular formula is C34H26F12N6O4S2. The first kappa shape index (κ1) is 46.6. The van der Waals surface area contributed by atoms with Crippen molar-refractivity contribution in [2.24, 2.45) is 32.9 Å². The number of hydrogen-bond donors (Lipinski definition) is 4. The van der Waals surface area contributed by atoms with Gasteiger partial charge in [0.25, 0.3) is 11.8 Å². The fourth-order valence-electron chi connectivity index (χ4n) is 4.72. The van der Waals surface area contributed by atoms with Crippen LogP contribution in [0.25, 0.3) is 0 Å². The average molecular weight is 875 g/mol. The molecule has 0 unspecified atom stereocenters. The van der Waals surface area contributed by atoms with E-state index in [2.05, 4.69) is 9.98 Å². The summed E-state index contributed by atoms with van der Waals surface area (Å²) in [6.07, 6.45) is -19.3. The van der Waals surface area contributed by atoms with Crippen LogP contribution < -0.4 is 22.9 Å². The van der Waals surface area contributed by atoms with Gasteiger partial charge in [-0.25, -0.2) is 8.42 Å². The Labute approximate surface area is 323 Å². The number of halogens is 12. The molecular weight excluding hydrogens is 849 g/mol. The molecule has 4 rings (SSSR count). The first-order chi connectivity index (χ1) is 26.3. The zero-order valence-corrected chi connectivity index (χ0v) is 30.8. The van der Waals surface area contributed by atoms with Crippen molar-refractivity contribution in [3.63, 3.8) is 0 Å². The molecule has 0 aromatic heterocycles. The van der Waals surface area contributed by atoms with Gasteiger partial charge in [0.15, 0.2) is 11.9 Å². The summed E-state index contributed by atoms with van der Waals surface area (Å²) in [4.78, 5) is 28.1. The van der Waals surface area contributed by atoms with Crippen molar-refractivity contribution in [2.75, 3.05) is 0 Å². The molecule has 0 bridgehead atoms. The molecule has 2 amide bonds. The normalized spacial score (nSPS) is 12.2. The highest BCUT2D eigenvalue weighted by molar-refractivity contribution is 7.99. The second kappa shape index (κ2) is 17.0. The smallest absolute Gasteiger partial charge is 0.370 e. The van der Waals surface area contributed by atoms with Gasteiger partial charge in [-0.15, -0.1) is 0 Å². The van der Waals surface area contributed by atoms with E-state index in [1.807, 2.05) is 0 Å². The molecule has 10 nitrogen and oxygen atoms in total. The Morgan fingerprint density at radius 1 is 0.552 bits per heavy atom. The lowest BCUT2D eigenvalue weighted by atomic mass is 10.0. The molecule has 0 aliphatic rings. The minimum absolute atomic E-state index is 0.168. The van der Waals surface area contributed by atoms with Crippen LogP contribution in [0, 0.1) is 13.8 Å². The molecule has 0 aliphatic heterocycles. The molecule has 4 aromatic rings. The maximum absolute atomic E-state index is 13.5. The van der Waals surface area contributed by atoms with Crippen molar-refractivity contribution < 1.29 is 70.7 Å². The number of rotatable bonds is 6. The lowest BCUT2D eigenvalue weighted by Crippen LogP contribution is -2.24. The number of carbonyl (C=O) groups excluding carboxylic acids is 2. The maximum Gasteiger partial charge on any atom is 0.417 e. The fraction of sp³-hybridized carbons (Fsp3) is 0.176. The molecule has 0 aliphatic carbocycles. The quantitative estimate of drug-likeness (QED) is 0.0846. The van der Waals surface area contributed by atoms with E-state index in [9.17, 15) is 70.7 Å². The molecule has 0 heterocycles. The zero-order chi connectivity index (χ0) is 44.3. The molecule has 312 valence electrons. The Hall–Kier alpha value is -5.78. The van der Waals surface area contributed by atoms with Crippen LogP contribution in [0.4, 0.5) is 52.7 Å². The Kier molecular flexibility index (Phi) is 13.6. The number of nitrogens with zero attached hydrogens (tertiary/aromatic N) is 2. The third kappa shape index (κ3) is 11.6. The predicted molar refractivity (Wildman–Crippen MR) is 185 cm³/mol. The Morgan fingerprint density at radius 2 is 0.931 bits per heavy atom. The van der Waals surface area contributed by atoms with E-state index < -0.39 is 95.9 Å². The van der Waals surface area contributed by atoms with E-state index in [4.69, 9.17) is 22.9 Å². The topological polar surface area (TPSA) is 197 Å². The van der Waals surface area contributed by atoms with E-state index in [-0.39, 0.29) is 32.5 Å². The number of aryl methyl sites for hydroxylation is 2. The number of sulfone groups is 1. The van der Waals surface area contributed by atoms with E-state index in [0.29, 0.717) is 48.2 Å². The number of nitrogens with two attached hydrogens (primary N) is 4. The lowest BCUT2D eigenvalue weighted by molar-refractivity contribution is -0.140. The largest absolute Gasteiger partial charge is 0.417 e. The number of guanidine groups is 2. The minimum Gasteiger partial charge on any atom is -0.370 e. The number of alkyl halides is 12. The van der Waals surface area contributed by atoms with E-state index >= 15 is 0 Å². The third-order valence-corrected chi connectivity index (χ3v) is 10.3. The van der Waals surface area contributed by atoms with Gasteiger partial charge in [-0.2, -0.15) is 62.7 Å². The average Bonchev–Trinajstić information content (AvgIpc) is 3.06. The SMILES string of the molecule is Cc1cc(S(=O)(=O)c2ccc(C(F)(F)F)cc2)c(C(F)(F)F)cc1C(=O)N=C(N)N.Cc1cc(Sc2ccc(C(F)(F)F)cc2)c(C(F)(F)F)cc1C(=O)N=C(N)N. The molecule has 24 heteroatoms. The van der Waals surface area contributed by atoms with Gasteiger partial charge < -0.3 is 22.9 Å². The van der Waals surface area contributed by atoms with Gasteiger partial charge in [0.2, 0.25) is 9.84 Å². The van der Waals surface area contributed by atoms with E-state index in [1.54, 1.807) is 0 Å². The highest BCUT2D eigenvalue weighted by Crippen LogP contribution is 2.42. The highest BCUT2D eigenvalue weighted by atomic mass is 32.2. The van der Waals surface area contributed by atoms with Crippen molar-refractivity contribution in [3.8, 4) is 0 Å². The summed E-state index contributed by atoms with van der Waals surface area (Å²) in [6.45, 7) is 2.55. The number of hydrogen-bond acceptors (Lipinski definition) is 5. The summed E-state index contributed by atoms with van der Waals surface area (Å²) < 4.78 is 182. The fourth-order valence-corrected chi connectivity index (χ4v) is 7.31. The van der Waals surface area contributed by atoms with Crippen LogP contribution in [0.15, 0.2) is 102 Å². The second-order valence-corrected chi connectivity index (χ2v) is 14.7. The summed E-state index contributed by atoms with van der Waals surface area (Å²) in [5.74, 6) is -3.57. The first-order valence-electron chi connectivity index (χ1n) is 15.3. The van der Waals surface area contributed by atoms with Crippen molar-refractivity contribution in [1.29, 1.82) is 0 Å². The van der Waals surface area contributed by atoms with Gasteiger partial charge in [-0.1, -0.05) is 11.8 Å². The van der Waals surface area contributed by atoms with Crippen LogP contribution in [0.3, 0.4) is 0 Å². The van der Waals surface area contributed by atoms with Crippen molar-refractivity contribution >= 4 is 45.3 Å². The van der Waals surface area contributed by atoms with Gasteiger partial charge >= 0.3 is 24.7 Å². The summed E-state index contributed by atoms with van der Waals surface area (Å²) in [5.41, 5.74) is 14.4. The molecule has 0 saturated heterocycles. The summed E-state index contributed by atoms with van der Waals surface area (Å²) in [6, 6.07) is 8.26. The van der Waals surface area contributed by atoms with Gasteiger partial charge in [0.05, 0.1) is 32.0 Å². The molecule has 58 heavy (non-hydrogen) atoms. The molecule has 0 fully saturated rings. The van der Waals surface area contributed by atoms with Gasteiger partial charge in [-0.05, 0) is 97.8 Å². The van der Waals surface area contributed by atoms with E-state index in [1.165, 1.54) is 6.92 Å². The molecule has 0 atom stereocenters. The summed E-state index contributed by atoms with van der Waals surface area (Å²) >= 11 is 0.625. The van der Waals surface area contributed by atoms with Gasteiger partial charge in [0.1, 0.15) is 0 Å². The van der Waals surface area contributed by atoms with Crippen LogP contribution in [0.1, 0.15) is 54.1 Å². The Bertz CT molecular complexity index is 2370. The monoisotopic (exact) mass is 874 g/mol. The van der Waals surface area contributed by atoms with Crippen LogP contribution in [0.5, 0.6) is 0 Å². The van der Waals surface area contributed by atoms with E-state index in [0.717, 1.165) is 37.3 Å². The molecule has 0 radical (unpaired) electrons. The van der Waals surface area contributed by atoms with Crippen molar-refractivity contribution in [3.05, 3.63) is 117 Å². The number of benzene rings is 4. The minimum atomic E-state index is -5.21. The molecule has 4 aromatic carbocycles. The Morgan fingerprint density at radius 3 is 1.31 bits per heavy atom. The number of aliphatic imine (C=N–C) groups is 2. The van der Waals surface area contributed by atoms with Gasteiger partial charge in [-0.3, -0.25) is 9.59 Å². The lowest BCUT2D eigenvalue weighted by Gasteiger charge is -2.16. The molecule has 0 spiro atoms.